The number of rotatable bonds is 0. The first-order valence-electron chi connectivity index (χ1n) is 4.06. The first kappa shape index (κ1) is 9.31. The van der Waals surface area contributed by atoms with Gasteiger partial charge in [-0.25, -0.2) is 0 Å². The van der Waals surface area contributed by atoms with E-state index in [1.165, 1.54) is 0 Å². The third-order valence-electron chi connectivity index (χ3n) is 2.14. The Labute approximate surface area is 90.1 Å². The summed E-state index contributed by atoms with van der Waals surface area (Å²) in [5.74, 6) is 0.731. The lowest BCUT2D eigenvalue weighted by molar-refractivity contribution is 0.268. The molecule has 0 saturated heterocycles. The molecule has 2 rings (SSSR count). The summed E-state index contributed by atoms with van der Waals surface area (Å²) in [6.45, 7) is 0.643. The van der Waals surface area contributed by atoms with Crippen LogP contribution in [0, 0.1) is 0 Å². The van der Waals surface area contributed by atoms with Crippen LogP contribution in [0.5, 0.6) is 5.75 Å². The van der Waals surface area contributed by atoms with Crippen molar-refractivity contribution in [3.63, 3.8) is 0 Å². The van der Waals surface area contributed by atoms with E-state index in [1.54, 1.807) is 0 Å². The molecule has 1 aromatic carbocycles. The monoisotopic (exact) mass is 261 g/mol. The molecule has 1 aromatic rings. The van der Waals surface area contributed by atoms with Gasteiger partial charge in [-0.2, -0.15) is 0 Å². The molecule has 70 valence electrons. The van der Waals surface area contributed by atoms with E-state index >= 15 is 0 Å². The fourth-order valence-corrected chi connectivity index (χ4v) is 2.30. The molecule has 2 nitrogen and oxygen atoms in total. The molecule has 4 heteroatoms. The Kier molecular flexibility index (Phi) is 2.49. The minimum atomic E-state index is 0.0248. The predicted octanol–water partition coefficient (Wildman–Crippen LogP) is 2.88. The summed E-state index contributed by atoms with van der Waals surface area (Å²) in [4.78, 5) is 0. The smallest absolute Gasteiger partial charge is 0.143 e. The first-order chi connectivity index (χ1) is 6.20. The Morgan fingerprint density at radius 2 is 2.31 bits per heavy atom. The zero-order chi connectivity index (χ0) is 9.42. The Hall–Kier alpha value is -0.250. The third-order valence-corrected chi connectivity index (χ3v) is 3.13. The van der Waals surface area contributed by atoms with Gasteiger partial charge < -0.3 is 10.5 Å². The van der Waals surface area contributed by atoms with Crippen LogP contribution in [0.3, 0.4) is 0 Å². The van der Waals surface area contributed by atoms with Gasteiger partial charge in [0.1, 0.15) is 5.75 Å². The van der Waals surface area contributed by atoms with E-state index in [0.29, 0.717) is 11.6 Å². The molecule has 0 saturated carbocycles. The maximum atomic E-state index is 5.98. The van der Waals surface area contributed by atoms with Crippen LogP contribution < -0.4 is 10.5 Å². The average Bonchev–Trinajstić information content (AvgIpc) is 2.12. The van der Waals surface area contributed by atoms with Crippen molar-refractivity contribution < 1.29 is 4.74 Å². The van der Waals surface area contributed by atoms with Crippen molar-refractivity contribution in [3.8, 4) is 5.75 Å². The molecule has 1 atom stereocenters. The fraction of sp³-hybridized carbons (Fsp3) is 0.333. The van der Waals surface area contributed by atoms with Crippen molar-refractivity contribution in [1.29, 1.82) is 0 Å². The van der Waals surface area contributed by atoms with E-state index in [0.717, 1.165) is 22.2 Å². The SMILES string of the molecule is NC1CCOc2c(Cl)ccc(Br)c21. The lowest BCUT2D eigenvalue weighted by atomic mass is 10.0. The predicted molar refractivity (Wildman–Crippen MR) is 56.2 cm³/mol. The summed E-state index contributed by atoms with van der Waals surface area (Å²) in [5.41, 5.74) is 6.93. The Bertz CT molecular complexity index is 343. The van der Waals surface area contributed by atoms with Crippen LogP contribution in [0.4, 0.5) is 0 Å². The lowest BCUT2D eigenvalue weighted by Gasteiger charge is -2.24. The number of nitrogens with two attached hydrogens (primary N) is 1. The van der Waals surface area contributed by atoms with Crippen molar-refractivity contribution in [1.82, 2.24) is 0 Å². The maximum absolute atomic E-state index is 5.98. The molecule has 0 amide bonds. The van der Waals surface area contributed by atoms with Crippen LogP contribution in [0.25, 0.3) is 0 Å². The van der Waals surface area contributed by atoms with E-state index in [4.69, 9.17) is 22.1 Å². The third kappa shape index (κ3) is 1.56. The quantitative estimate of drug-likeness (QED) is 0.780. The van der Waals surface area contributed by atoms with Crippen LogP contribution in [0.15, 0.2) is 16.6 Å². The maximum Gasteiger partial charge on any atom is 0.143 e. The fourth-order valence-electron chi connectivity index (χ4n) is 1.47. The highest BCUT2D eigenvalue weighted by molar-refractivity contribution is 9.10. The Morgan fingerprint density at radius 3 is 3.00 bits per heavy atom. The van der Waals surface area contributed by atoms with Gasteiger partial charge in [0.25, 0.3) is 0 Å². The summed E-state index contributed by atoms with van der Waals surface area (Å²) < 4.78 is 6.43. The molecule has 13 heavy (non-hydrogen) atoms. The molecule has 0 aromatic heterocycles. The topological polar surface area (TPSA) is 35.2 Å². The van der Waals surface area contributed by atoms with Crippen molar-refractivity contribution in [3.05, 3.63) is 27.2 Å². The second-order valence-corrected chi connectivity index (χ2v) is 4.28. The van der Waals surface area contributed by atoms with Crippen molar-refractivity contribution >= 4 is 27.5 Å². The molecule has 1 unspecified atom stereocenters. The zero-order valence-corrected chi connectivity index (χ0v) is 9.23. The highest BCUT2D eigenvalue weighted by Crippen LogP contribution is 2.40. The van der Waals surface area contributed by atoms with Crippen LogP contribution in [-0.2, 0) is 0 Å². The zero-order valence-electron chi connectivity index (χ0n) is 6.89. The van der Waals surface area contributed by atoms with Crippen LogP contribution in [-0.4, -0.2) is 6.61 Å². The Balaban J connectivity index is 2.60. The molecular formula is C9H9BrClNO. The van der Waals surface area contributed by atoms with E-state index in [1.807, 2.05) is 12.1 Å². The number of halogens is 2. The van der Waals surface area contributed by atoms with E-state index in [9.17, 15) is 0 Å². The van der Waals surface area contributed by atoms with E-state index in [-0.39, 0.29) is 6.04 Å². The van der Waals surface area contributed by atoms with Gasteiger partial charge in [-0.3, -0.25) is 0 Å². The van der Waals surface area contributed by atoms with Crippen molar-refractivity contribution in [2.24, 2.45) is 5.73 Å². The molecular weight excluding hydrogens is 253 g/mol. The van der Waals surface area contributed by atoms with Gasteiger partial charge in [-0.05, 0) is 12.1 Å². The number of hydrogen-bond donors (Lipinski definition) is 1. The molecule has 0 spiro atoms. The summed E-state index contributed by atoms with van der Waals surface area (Å²) >= 11 is 9.42. The minimum Gasteiger partial charge on any atom is -0.492 e. The van der Waals surface area contributed by atoms with Gasteiger partial charge in [-0.15, -0.1) is 0 Å². The van der Waals surface area contributed by atoms with Crippen molar-refractivity contribution in [2.45, 2.75) is 12.5 Å². The number of fused-ring (bicyclic) bond motifs is 1. The number of benzene rings is 1. The summed E-state index contributed by atoms with van der Waals surface area (Å²) in [5, 5.41) is 0.633. The van der Waals surface area contributed by atoms with Crippen LogP contribution >= 0.6 is 27.5 Å². The van der Waals surface area contributed by atoms with Gasteiger partial charge in [0.05, 0.1) is 11.6 Å². The number of ether oxygens (including phenoxy) is 1. The van der Waals surface area contributed by atoms with E-state index in [2.05, 4.69) is 15.9 Å². The lowest BCUT2D eigenvalue weighted by Crippen LogP contribution is -2.21. The molecule has 1 heterocycles. The number of hydrogen-bond acceptors (Lipinski definition) is 2. The van der Waals surface area contributed by atoms with Crippen LogP contribution in [0.2, 0.25) is 5.02 Å². The molecule has 1 aliphatic heterocycles. The van der Waals surface area contributed by atoms with E-state index < -0.39 is 0 Å². The molecule has 0 radical (unpaired) electrons. The molecule has 0 fully saturated rings. The van der Waals surface area contributed by atoms with Crippen LogP contribution in [0.1, 0.15) is 18.0 Å². The largest absolute Gasteiger partial charge is 0.492 e. The summed E-state index contributed by atoms with van der Waals surface area (Å²) in [6, 6.07) is 3.73. The average molecular weight is 263 g/mol. The first-order valence-corrected chi connectivity index (χ1v) is 5.23. The highest BCUT2D eigenvalue weighted by atomic mass is 79.9. The Morgan fingerprint density at radius 1 is 1.54 bits per heavy atom. The van der Waals surface area contributed by atoms with Gasteiger partial charge in [0.15, 0.2) is 0 Å². The molecule has 0 aliphatic carbocycles. The van der Waals surface area contributed by atoms with Gasteiger partial charge in [-0.1, -0.05) is 27.5 Å². The van der Waals surface area contributed by atoms with Crippen molar-refractivity contribution in [2.75, 3.05) is 6.61 Å². The highest BCUT2D eigenvalue weighted by Gasteiger charge is 2.22. The minimum absolute atomic E-state index is 0.0248. The van der Waals surface area contributed by atoms with Gasteiger partial charge in [0.2, 0.25) is 0 Å². The second kappa shape index (κ2) is 3.48. The summed E-state index contributed by atoms with van der Waals surface area (Å²) in [7, 11) is 0. The summed E-state index contributed by atoms with van der Waals surface area (Å²) in [6.07, 6.45) is 0.839. The van der Waals surface area contributed by atoms with Gasteiger partial charge >= 0.3 is 0 Å². The normalized spacial score (nSPS) is 20.7. The molecule has 1 aliphatic rings. The second-order valence-electron chi connectivity index (χ2n) is 3.02. The standard InChI is InChI=1S/C9H9BrClNO/c10-5-1-2-6(11)9-8(5)7(12)3-4-13-9/h1-2,7H,3-4,12H2. The molecule has 2 N–H and O–H groups in total. The molecule has 0 bridgehead atoms. The van der Waals surface area contributed by atoms with Gasteiger partial charge in [0, 0.05) is 22.5 Å².